The van der Waals surface area contributed by atoms with Crippen LogP contribution in [0.4, 0.5) is 36.8 Å². The van der Waals surface area contributed by atoms with Gasteiger partial charge in [-0.1, -0.05) is 18.1 Å². The first-order chi connectivity index (χ1) is 18.4. The van der Waals surface area contributed by atoms with Crippen molar-refractivity contribution in [2.24, 2.45) is 0 Å². The normalized spacial score (nSPS) is 12.3. The number of benzene rings is 3. The topological polar surface area (TPSA) is 78.3 Å². The van der Waals surface area contributed by atoms with E-state index in [2.05, 4.69) is 26.1 Å². The molecule has 0 radical (unpaired) electrons. The van der Waals surface area contributed by atoms with E-state index in [1.807, 2.05) is 0 Å². The van der Waals surface area contributed by atoms with E-state index in [0.29, 0.717) is 22.8 Å². The second-order valence-electron chi connectivity index (χ2n) is 7.83. The first kappa shape index (κ1) is 27.1. The van der Waals surface area contributed by atoms with Gasteiger partial charge in [-0.05, 0) is 60.7 Å². The van der Waals surface area contributed by atoms with Gasteiger partial charge in [0.1, 0.15) is 12.1 Å². The van der Waals surface area contributed by atoms with Gasteiger partial charge in [-0.25, -0.2) is 14.5 Å². The van der Waals surface area contributed by atoms with Gasteiger partial charge in [0.2, 0.25) is 0 Å². The molecule has 1 N–H and O–H groups in total. The molecule has 1 unspecified atom stereocenters. The Morgan fingerprint density at radius 2 is 1.56 bits per heavy atom. The smallest absolute Gasteiger partial charge is 0.428 e. The van der Waals surface area contributed by atoms with Crippen LogP contribution < -0.4 is 10.1 Å². The van der Waals surface area contributed by atoms with Crippen molar-refractivity contribution in [2.75, 3.05) is 5.32 Å². The van der Waals surface area contributed by atoms with Crippen LogP contribution in [-0.2, 0) is 10.9 Å². The summed E-state index contributed by atoms with van der Waals surface area (Å²) < 4.78 is 85.6. The van der Waals surface area contributed by atoms with E-state index < -0.39 is 30.3 Å². The number of alkyl halides is 6. The fraction of sp³-hybridized carbons (Fsp3) is 0.115. The van der Waals surface area contributed by atoms with Gasteiger partial charge in [-0.3, -0.25) is 5.32 Å². The Balaban J connectivity index is 1.37. The van der Waals surface area contributed by atoms with Crippen LogP contribution in [0, 0.1) is 12.3 Å². The number of rotatable bonds is 6. The number of terminal acetylenes is 1. The summed E-state index contributed by atoms with van der Waals surface area (Å²) in [5.74, 6) is 2.14. The number of aromatic nitrogens is 3. The van der Waals surface area contributed by atoms with E-state index >= 15 is 0 Å². The first-order valence-electron chi connectivity index (χ1n) is 10.9. The summed E-state index contributed by atoms with van der Waals surface area (Å²) in [4.78, 5) is 16.5. The van der Waals surface area contributed by atoms with Crippen LogP contribution >= 0.6 is 0 Å². The van der Waals surface area contributed by atoms with Crippen molar-refractivity contribution in [3.63, 3.8) is 0 Å². The molecule has 7 nitrogen and oxygen atoms in total. The molecule has 39 heavy (non-hydrogen) atoms. The number of hydrogen-bond donors (Lipinski definition) is 1. The number of hydrogen-bond acceptors (Lipinski definition) is 5. The van der Waals surface area contributed by atoms with E-state index in [9.17, 15) is 31.1 Å². The molecule has 4 aromatic rings. The zero-order chi connectivity index (χ0) is 28.2. The molecule has 0 bridgehead atoms. The Hall–Kier alpha value is -4.99. The lowest BCUT2D eigenvalue weighted by Gasteiger charge is -2.14. The van der Waals surface area contributed by atoms with Crippen LogP contribution in [0.25, 0.3) is 17.1 Å². The van der Waals surface area contributed by atoms with Gasteiger partial charge >= 0.3 is 18.6 Å². The van der Waals surface area contributed by atoms with E-state index in [4.69, 9.17) is 11.2 Å². The third-order valence-corrected chi connectivity index (χ3v) is 5.13. The average molecular weight is 546 g/mol. The molecular weight excluding hydrogens is 530 g/mol. The van der Waals surface area contributed by atoms with Crippen LogP contribution in [0.1, 0.15) is 17.2 Å². The highest BCUT2D eigenvalue weighted by Crippen LogP contribution is 2.30. The summed E-state index contributed by atoms with van der Waals surface area (Å²) in [6.07, 6.45) is -4.69. The number of anilines is 1. The minimum atomic E-state index is -4.80. The highest BCUT2D eigenvalue weighted by molar-refractivity contribution is 5.85. The first-order valence-corrected chi connectivity index (χ1v) is 10.9. The molecule has 1 aromatic heterocycles. The molecule has 0 spiro atoms. The molecule has 200 valence electrons. The zero-order valence-corrected chi connectivity index (χ0v) is 19.5. The van der Waals surface area contributed by atoms with Crippen LogP contribution in [-0.4, -0.2) is 27.2 Å². The third-order valence-electron chi connectivity index (χ3n) is 5.13. The van der Waals surface area contributed by atoms with Gasteiger partial charge < -0.3 is 9.47 Å². The van der Waals surface area contributed by atoms with Gasteiger partial charge in [-0.15, -0.1) is 24.7 Å². The maximum atomic E-state index is 12.7. The maximum absolute atomic E-state index is 12.7. The van der Waals surface area contributed by atoms with Crippen LogP contribution in [0.15, 0.2) is 79.1 Å². The highest BCUT2D eigenvalue weighted by atomic mass is 19.4. The van der Waals surface area contributed by atoms with Crippen molar-refractivity contribution < 1.29 is 40.6 Å². The molecular formula is C26H16F6N4O3. The van der Waals surface area contributed by atoms with Gasteiger partial charge in [0.25, 0.3) is 0 Å². The fourth-order valence-electron chi connectivity index (χ4n) is 3.32. The molecule has 0 saturated carbocycles. The van der Waals surface area contributed by atoms with Crippen LogP contribution in [0.3, 0.4) is 0 Å². The van der Waals surface area contributed by atoms with E-state index in [-0.39, 0.29) is 11.3 Å². The monoisotopic (exact) mass is 546 g/mol. The molecule has 13 heteroatoms. The number of amides is 1. The molecule has 4 rings (SSSR count). The summed E-state index contributed by atoms with van der Waals surface area (Å²) >= 11 is 0. The molecule has 0 aliphatic carbocycles. The van der Waals surface area contributed by atoms with E-state index in [0.717, 1.165) is 36.4 Å². The lowest BCUT2D eigenvalue weighted by atomic mass is 10.1. The van der Waals surface area contributed by atoms with Crippen molar-refractivity contribution in [3.8, 4) is 35.2 Å². The molecule has 1 atom stereocenters. The lowest BCUT2D eigenvalue weighted by Crippen LogP contribution is -2.17. The SMILES string of the molecule is C#CC(OC(=O)Nc1ccc(-c2ncn(-c3ccc(OC(F)(F)F)cc3)n2)cc1)c1ccc(C(F)(F)F)cc1. The van der Waals surface area contributed by atoms with Crippen molar-refractivity contribution in [1.29, 1.82) is 0 Å². The Kier molecular flexibility index (Phi) is 7.48. The Labute approximate surface area is 217 Å². The largest absolute Gasteiger partial charge is 0.573 e. The number of halogens is 6. The predicted molar refractivity (Wildman–Crippen MR) is 127 cm³/mol. The Morgan fingerprint density at radius 1 is 0.923 bits per heavy atom. The zero-order valence-electron chi connectivity index (χ0n) is 19.5. The summed E-state index contributed by atoms with van der Waals surface area (Å²) in [5.41, 5.74) is 0.669. The summed E-state index contributed by atoms with van der Waals surface area (Å²) in [6.45, 7) is 0. The lowest BCUT2D eigenvalue weighted by molar-refractivity contribution is -0.274. The number of nitrogens with zero attached hydrogens (tertiary/aromatic N) is 3. The molecule has 0 fully saturated rings. The number of carbonyl (C=O) groups excluding carboxylic acids is 1. The summed E-state index contributed by atoms with van der Waals surface area (Å²) in [6, 6.07) is 15.3. The molecule has 1 heterocycles. The van der Waals surface area contributed by atoms with Crippen molar-refractivity contribution in [3.05, 3.63) is 90.3 Å². The molecule has 0 aliphatic heterocycles. The van der Waals surface area contributed by atoms with Crippen LogP contribution in [0.2, 0.25) is 0 Å². The molecule has 0 saturated heterocycles. The molecule has 1 amide bonds. The van der Waals surface area contributed by atoms with Crippen molar-refractivity contribution >= 4 is 11.8 Å². The standard InChI is InChI=1S/C26H16F6N4O3/c1-2-22(16-3-7-18(8-4-16)25(27,28)29)38-24(37)34-19-9-5-17(6-10-19)23-33-15-36(35-23)20-11-13-21(14-12-20)39-26(30,31)32/h1,3-15,22H,(H,34,37). The predicted octanol–water partition coefficient (Wildman–Crippen LogP) is 6.77. The second-order valence-corrected chi connectivity index (χ2v) is 7.83. The van der Waals surface area contributed by atoms with E-state index in [1.54, 1.807) is 12.1 Å². The number of nitrogens with one attached hydrogen (secondary N) is 1. The highest BCUT2D eigenvalue weighted by Gasteiger charge is 2.31. The minimum absolute atomic E-state index is 0.195. The van der Waals surface area contributed by atoms with Gasteiger partial charge in [0.05, 0.1) is 11.3 Å². The third kappa shape index (κ3) is 7.07. The fourth-order valence-corrected chi connectivity index (χ4v) is 3.32. The van der Waals surface area contributed by atoms with Crippen LogP contribution in [0.5, 0.6) is 5.75 Å². The average Bonchev–Trinajstić information content (AvgIpc) is 3.37. The number of carbonyl (C=O) groups is 1. The van der Waals surface area contributed by atoms with Crippen molar-refractivity contribution in [2.45, 2.75) is 18.6 Å². The van der Waals surface area contributed by atoms with E-state index in [1.165, 1.54) is 35.3 Å². The van der Waals surface area contributed by atoms with Gasteiger partial charge in [0.15, 0.2) is 11.9 Å². The quantitative estimate of drug-likeness (QED) is 0.213. The van der Waals surface area contributed by atoms with Gasteiger partial charge in [-0.2, -0.15) is 13.2 Å². The van der Waals surface area contributed by atoms with Gasteiger partial charge in [0, 0.05) is 16.8 Å². The number of ether oxygens (including phenoxy) is 2. The van der Waals surface area contributed by atoms with Crippen molar-refractivity contribution in [1.82, 2.24) is 14.8 Å². The second kappa shape index (κ2) is 10.8. The summed E-state index contributed by atoms with van der Waals surface area (Å²) in [5, 5.41) is 6.76. The maximum Gasteiger partial charge on any atom is 0.573 e. The minimum Gasteiger partial charge on any atom is -0.428 e. The Bertz CT molecular complexity index is 1470. The Morgan fingerprint density at radius 3 is 2.13 bits per heavy atom. The molecule has 0 aliphatic rings. The summed E-state index contributed by atoms with van der Waals surface area (Å²) in [7, 11) is 0. The molecule has 3 aromatic carbocycles.